The monoisotopic (exact) mass is 254 g/mol. The van der Waals surface area contributed by atoms with Crippen molar-refractivity contribution in [3.63, 3.8) is 0 Å². The van der Waals surface area contributed by atoms with Gasteiger partial charge < -0.3 is 4.74 Å². The van der Waals surface area contributed by atoms with Gasteiger partial charge in [0.25, 0.3) is 0 Å². The molecule has 4 nitrogen and oxygen atoms in total. The summed E-state index contributed by atoms with van der Waals surface area (Å²) in [5, 5.41) is 3.89. The molecule has 0 bridgehead atoms. The van der Waals surface area contributed by atoms with E-state index in [4.69, 9.17) is 4.74 Å². The molecule has 1 aliphatic carbocycles. The molecule has 1 fully saturated rings. The predicted molar refractivity (Wildman–Crippen MR) is 73.7 cm³/mol. The van der Waals surface area contributed by atoms with Crippen LogP contribution in [0.5, 0.6) is 0 Å². The summed E-state index contributed by atoms with van der Waals surface area (Å²) >= 11 is 0. The second kappa shape index (κ2) is 7.39. The van der Waals surface area contributed by atoms with Gasteiger partial charge >= 0.3 is 6.09 Å². The number of rotatable bonds is 4. The van der Waals surface area contributed by atoms with Crippen LogP contribution in [0.25, 0.3) is 0 Å². The molecule has 0 heterocycles. The van der Waals surface area contributed by atoms with Crippen molar-refractivity contribution < 1.29 is 9.53 Å². The van der Waals surface area contributed by atoms with Crippen LogP contribution in [0.2, 0.25) is 0 Å². The van der Waals surface area contributed by atoms with Crippen LogP contribution in [0.15, 0.2) is 5.10 Å². The van der Waals surface area contributed by atoms with Crippen molar-refractivity contribution in [2.75, 3.05) is 0 Å². The van der Waals surface area contributed by atoms with Gasteiger partial charge in [-0.3, -0.25) is 0 Å². The molecule has 0 aromatic rings. The van der Waals surface area contributed by atoms with Crippen LogP contribution < -0.4 is 5.43 Å². The second-order valence-electron chi connectivity index (χ2n) is 6.01. The third kappa shape index (κ3) is 7.30. The lowest BCUT2D eigenvalue weighted by molar-refractivity contribution is 0.0529. The van der Waals surface area contributed by atoms with Gasteiger partial charge in [-0.2, -0.15) is 5.10 Å². The van der Waals surface area contributed by atoms with Gasteiger partial charge in [-0.05, 0) is 39.5 Å². The van der Waals surface area contributed by atoms with Crippen LogP contribution in [0.3, 0.4) is 0 Å². The Morgan fingerprint density at radius 3 is 2.61 bits per heavy atom. The number of carbonyl (C=O) groups is 1. The number of ether oxygens (including phenoxy) is 1. The number of hydrogen-bond donors (Lipinski definition) is 1. The summed E-state index contributed by atoms with van der Waals surface area (Å²) in [7, 11) is 0. The fraction of sp³-hybridized carbons (Fsp3) is 0.857. The van der Waals surface area contributed by atoms with Crippen molar-refractivity contribution in [3.05, 3.63) is 0 Å². The highest BCUT2D eigenvalue weighted by molar-refractivity contribution is 5.69. The van der Waals surface area contributed by atoms with E-state index in [2.05, 4.69) is 10.5 Å². The number of nitrogens with one attached hydrogen (secondary N) is 1. The van der Waals surface area contributed by atoms with Crippen LogP contribution in [-0.2, 0) is 4.74 Å². The molecule has 0 atom stereocenters. The lowest BCUT2D eigenvalue weighted by Crippen LogP contribution is -2.29. The minimum absolute atomic E-state index is 0.471. The molecule has 1 N–H and O–H groups in total. The fourth-order valence-corrected chi connectivity index (χ4v) is 2.25. The molecule has 0 saturated heterocycles. The van der Waals surface area contributed by atoms with Gasteiger partial charge in [-0.1, -0.05) is 32.1 Å². The Kier molecular flexibility index (Phi) is 6.16. The standard InChI is InChI=1S/C14H26N2O2/c1-14(2,3)18-13(17)16-15-11-7-10-12-8-5-4-6-9-12/h11-12H,4-10H2,1-3H3,(H,16,17). The molecular weight excluding hydrogens is 228 g/mol. The second-order valence-corrected chi connectivity index (χ2v) is 6.01. The first-order valence-corrected chi connectivity index (χ1v) is 6.98. The summed E-state index contributed by atoms with van der Waals surface area (Å²) in [4.78, 5) is 11.3. The zero-order chi connectivity index (χ0) is 13.4. The minimum Gasteiger partial charge on any atom is -0.443 e. The molecule has 0 spiro atoms. The summed E-state index contributed by atoms with van der Waals surface area (Å²) < 4.78 is 5.07. The highest BCUT2D eigenvalue weighted by atomic mass is 16.6. The molecule has 18 heavy (non-hydrogen) atoms. The number of carbonyl (C=O) groups excluding carboxylic acids is 1. The van der Waals surface area contributed by atoms with Crippen LogP contribution in [0.4, 0.5) is 4.79 Å². The molecule has 4 heteroatoms. The van der Waals surface area contributed by atoms with E-state index in [1.807, 2.05) is 20.8 Å². The molecule has 0 aromatic heterocycles. The maximum Gasteiger partial charge on any atom is 0.428 e. The van der Waals surface area contributed by atoms with E-state index in [-0.39, 0.29) is 0 Å². The maximum atomic E-state index is 11.3. The van der Waals surface area contributed by atoms with E-state index in [1.54, 1.807) is 6.21 Å². The van der Waals surface area contributed by atoms with Gasteiger partial charge in [0.2, 0.25) is 0 Å². The smallest absolute Gasteiger partial charge is 0.428 e. The van der Waals surface area contributed by atoms with E-state index in [9.17, 15) is 4.79 Å². The molecule has 1 rings (SSSR count). The number of hydrazone groups is 1. The summed E-state index contributed by atoms with van der Waals surface area (Å²) in [6.45, 7) is 5.50. The first kappa shape index (κ1) is 15.0. The maximum absolute atomic E-state index is 11.3. The molecule has 1 amide bonds. The van der Waals surface area contributed by atoms with Gasteiger partial charge in [0, 0.05) is 6.21 Å². The van der Waals surface area contributed by atoms with E-state index >= 15 is 0 Å². The lowest BCUT2D eigenvalue weighted by Gasteiger charge is -2.20. The van der Waals surface area contributed by atoms with Crippen molar-refractivity contribution in [2.45, 2.75) is 71.3 Å². The molecule has 1 saturated carbocycles. The quantitative estimate of drug-likeness (QED) is 0.612. The number of hydrogen-bond acceptors (Lipinski definition) is 3. The van der Waals surface area contributed by atoms with E-state index in [1.165, 1.54) is 38.5 Å². The Labute approximate surface area is 110 Å². The first-order valence-electron chi connectivity index (χ1n) is 6.98. The average molecular weight is 254 g/mol. The van der Waals surface area contributed by atoms with Crippen LogP contribution in [0, 0.1) is 5.92 Å². The van der Waals surface area contributed by atoms with Crippen molar-refractivity contribution >= 4 is 12.3 Å². The Bertz CT molecular complexity index is 276. The van der Waals surface area contributed by atoms with Crippen LogP contribution >= 0.6 is 0 Å². The fourth-order valence-electron chi connectivity index (χ4n) is 2.25. The van der Waals surface area contributed by atoms with Crippen LogP contribution in [-0.4, -0.2) is 17.9 Å². The molecule has 104 valence electrons. The Balaban J connectivity index is 2.08. The Morgan fingerprint density at radius 2 is 2.00 bits per heavy atom. The average Bonchev–Trinajstić information content (AvgIpc) is 2.27. The first-order chi connectivity index (χ1) is 8.47. The van der Waals surface area contributed by atoms with Crippen molar-refractivity contribution in [1.82, 2.24) is 5.43 Å². The Morgan fingerprint density at radius 1 is 1.33 bits per heavy atom. The molecular formula is C14H26N2O2. The summed E-state index contributed by atoms with van der Waals surface area (Å²) in [6, 6.07) is 0. The van der Waals surface area contributed by atoms with Gasteiger partial charge in [0.05, 0.1) is 0 Å². The zero-order valence-electron chi connectivity index (χ0n) is 11.9. The van der Waals surface area contributed by atoms with Crippen LogP contribution in [0.1, 0.15) is 65.7 Å². The molecule has 0 aliphatic heterocycles. The van der Waals surface area contributed by atoms with E-state index in [0.717, 1.165) is 12.3 Å². The van der Waals surface area contributed by atoms with Crippen molar-refractivity contribution in [1.29, 1.82) is 0 Å². The van der Waals surface area contributed by atoms with Crippen molar-refractivity contribution in [3.8, 4) is 0 Å². The van der Waals surface area contributed by atoms with Gasteiger partial charge in [0.15, 0.2) is 0 Å². The van der Waals surface area contributed by atoms with Gasteiger partial charge in [-0.15, -0.1) is 0 Å². The molecule has 0 unspecified atom stereocenters. The molecule has 1 aliphatic rings. The third-order valence-electron chi connectivity index (χ3n) is 3.07. The zero-order valence-corrected chi connectivity index (χ0v) is 11.9. The number of amides is 1. The lowest BCUT2D eigenvalue weighted by atomic mass is 9.86. The third-order valence-corrected chi connectivity index (χ3v) is 3.07. The largest absolute Gasteiger partial charge is 0.443 e. The minimum atomic E-state index is -0.489. The summed E-state index contributed by atoms with van der Waals surface area (Å²) in [6.07, 6.45) is 10.2. The van der Waals surface area contributed by atoms with E-state index in [0.29, 0.717) is 0 Å². The topological polar surface area (TPSA) is 50.7 Å². The molecule has 0 radical (unpaired) electrons. The van der Waals surface area contributed by atoms with Crippen molar-refractivity contribution in [2.24, 2.45) is 11.0 Å². The SMILES string of the molecule is CC(C)(C)OC(=O)NN=CCCC1CCCCC1. The predicted octanol–water partition coefficient (Wildman–Crippen LogP) is 3.86. The van der Waals surface area contributed by atoms with E-state index < -0.39 is 11.7 Å². The normalized spacial score (nSPS) is 17.9. The molecule has 0 aromatic carbocycles. The van der Waals surface area contributed by atoms with Gasteiger partial charge in [-0.25, -0.2) is 10.2 Å². The highest BCUT2D eigenvalue weighted by Crippen LogP contribution is 2.26. The Hall–Kier alpha value is -1.06. The van der Waals surface area contributed by atoms with Gasteiger partial charge in [0.1, 0.15) is 5.60 Å². The summed E-state index contributed by atoms with van der Waals surface area (Å²) in [5.41, 5.74) is 1.91. The summed E-state index contributed by atoms with van der Waals surface area (Å²) in [5.74, 6) is 0.853. The highest BCUT2D eigenvalue weighted by Gasteiger charge is 2.15. The number of nitrogens with zero attached hydrogens (tertiary/aromatic N) is 1.